The van der Waals surface area contributed by atoms with Crippen molar-refractivity contribution in [2.24, 2.45) is 5.92 Å². The van der Waals surface area contributed by atoms with Crippen LogP contribution < -0.4 is 0 Å². The van der Waals surface area contributed by atoms with Gasteiger partial charge in [-0.1, -0.05) is 6.42 Å². The van der Waals surface area contributed by atoms with Gasteiger partial charge >= 0.3 is 6.03 Å². The number of hydrogen-bond acceptors (Lipinski definition) is 2. The Morgan fingerprint density at radius 2 is 2.18 bits per heavy atom. The number of nitrogens with zero attached hydrogens (tertiary/aromatic N) is 2. The molecule has 0 aromatic heterocycles. The van der Waals surface area contributed by atoms with E-state index in [1.54, 1.807) is 0 Å². The number of carbonyl (C=O) groups is 1. The Kier molecular flexibility index (Phi) is 4.26. The molecule has 0 aromatic rings. The molecular formula is C13H24N2O2. The third-order valence-electron chi connectivity index (χ3n) is 3.73. The standard InChI is InChI=1S/C13H24N2O2/c1-11(2)15-7-6-14(13(15)16)9-12-5-3-4-8-17-10-12/h11-12H,3-10H2,1-2H3. The summed E-state index contributed by atoms with van der Waals surface area (Å²) in [5.74, 6) is 0.536. The van der Waals surface area contributed by atoms with Crippen LogP contribution in [0.4, 0.5) is 4.79 Å². The number of urea groups is 1. The highest BCUT2D eigenvalue weighted by molar-refractivity contribution is 5.76. The fraction of sp³-hybridized carbons (Fsp3) is 0.923. The van der Waals surface area contributed by atoms with Gasteiger partial charge in [-0.15, -0.1) is 0 Å². The zero-order valence-electron chi connectivity index (χ0n) is 11.0. The van der Waals surface area contributed by atoms with Crippen LogP contribution in [0.25, 0.3) is 0 Å². The molecule has 1 atom stereocenters. The minimum Gasteiger partial charge on any atom is -0.381 e. The molecule has 0 saturated carbocycles. The van der Waals surface area contributed by atoms with Gasteiger partial charge in [0.1, 0.15) is 0 Å². The molecule has 2 aliphatic heterocycles. The molecule has 0 spiro atoms. The van der Waals surface area contributed by atoms with Gasteiger partial charge in [-0.25, -0.2) is 4.79 Å². The molecular weight excluding hydrogens is 216 g/mol. The van der Waals surface area contributed by atoms with Gasteiger partial charge in [-0.2, -0.15) is 0 Å². The van der Waals surface area contributed by atoms with Crippen molar-refractivity contribution in [3.05, 3.63) is 0 Å². The lowest BCUT2D eigenvalue weighted by atomic mass is 10.0. The lowest BCUT2D eigenvalue weighted by molar-refractivity contribution is 0.103. The Hall–Kier alpha value is -0.770. The van der Waals surface area contributed by atoms with Crippen LogP contribution in [0.3, 0.4) is 0 Å². The van der Waals surface area contributed by atoms with E-state index in [9.17, 15) is 4.79 Å². The van der Waals surface area contributed by atoms with Crippen LogP contribution >= 0.6 is 0 Å². The summed E-state index contributed by atoms with van der Waals surface area (Å²) in [4.78, 5) is 16.1. The fourth-order valence-electron chi connectivity index (χ4n) is 2.68. The SMILES string of the molecule is CC(C)N1CCN(CC2CCCCOC2)C1=O. The second-order valence-corrected chi connectivity index (χ2v) is 5.45. The lowest BCUT2D eigenvalue weighted by Gasteiger charge is -2.24. The summed E-state index contributed by atoms with van der Waals surface area (Å²) < 4.78 is 5.58. The maximum atomic E-state index is 12.1. The average Bonchev–Trinajstić information content (AvgIpc) is 2.52. The molecule has 0 radical (unpaired) electrons. The third-order valence-corrected chi connectivity index (χ3v) is 3.73. The molecule has 2 amide bonds. The van der Waals surface area contributed by atoms with E-state index < -0.39 is 0 Å². The number of hydrogen-bond donors (Lipinski definition) is 0. The zero-order valence-corrected chi connectivity index (χ0v) is 11.0. The van der Waals surface area contributed by atoms with Gasteiger partial charge in [-0.05, 0) is 32.6 Å². The Morgan fingerprint density at radius 1 is 1.35 bits per heavy atom. The van der Waals surface area contributed by atoms with Crippen molar-refractivity contribution >= 4 is 6.03 Å². The van der Waals surface area contributed by atoms with Crippen LogP contribution in [0.5, 0.6) is 0 Å². The van der Waals surface area contributed by atoms with Crippen LogP contribution in [0.1, 0.15) is 33.1 Å². The van der Waals surface area contributed by atoms with Gasteiger partial charge in [0.25, 0.3) is 0 Å². The molecule has 4 nitrogen and oxygen atoms in total. The third kappa shape index (κ3) is 3.12. The van der Waals surface area contributed by atoms with E-state index in [4.69, 9.17) is 4.74 Å². The smallest absolute Gasteiger partial charge is 0.320 e. The van der Waals surface area contributed by atoms with Crippen LogP contribution in [0, 0.1) is 5.92 Å². The van der Waals surface area contributed by atoms with Gasteiger partial charge in [0.2, 0.25) is 0 Å². The Bertz CT molecular complexity index is 260. The molecule has 2 aliphatic rings. The molecule has 98 valence electrons. The summed E-state index contributed by atoms with van der Waals surface area (Å²) in [7, 11) is 0. The monoisotopic (exact) mass is 240 g/mol. The highest BCUT2D eigenvalue weighted by atomic mass is 16.5. The first-order chi connectivity index (χ1) is 8.18. The highest BCUT2D eigenvalue weighted by Crippen LogP contribution is 2.19. The summed E-state index contributed by atoms with van der Waals surface area (Å²) in [5.41, 5.74) is 0. The molecule has 1 unspecified atom stereocenters. The molecule has 0 aliphatic carbocycles. The van der Waals surface area contributed by atoms with E-state index in [2.05, 4.69) is 13.8 Å². The second-order valence-electron chi connectivity index (χ2n) is 5.45. The summed E-state index contributed by atoms with van der Waals surface area (Å²) in [5, 5.41) is 0. The van der Waals surface area contributed by atoms with E-state index in [1.165, 1.54) is 19.3 Å². The normalized spacial score (nSPS) is 26.8. The minimum absolute atomic E-state index is 0.212. The van der Waals surface area contributed by atoms with E-state index in [0.29, 0.717) is 12.0 Å². The first-order valence-corrected chi connectivity index (χ1v) is 6.82. The number of amides is 2. The molecule has 2 fully saturated rings. The predicted molar refractivity (Wildman–Crippen MR) is 67.0 cm³/mol. The van der Waals surface area contributed by atoms with Gasteiger partial charge in [0.15, 0.2) is 0 Å². The summed E-state index contributed by atoms with van der Waals surface area (Å²) in [6, 6.07) is 0.530. The maximum Gasteiger partial charge on any atom is 0.320 e. The lowest BCUT2D eigenvalue weighted by Crippen LogP contribution is -2.38. The Labute approximate surface area is 104 Å². The molecule has 17 heavy (non-hydrogen) atoms. The first kappa shape index (κ1) is 12.7. The van der Waals surface area contributed by atoms with E-state index in [-0.39, 0.29) is 6.03 Å². The van der Waals surface area contributed by atoms with Crippen molar-refractivity contribution in [3.63, 3.8) is 0 Å². The molecule has 0 N–H and O–H groups in total. The molecule has 2 saturated heterocycles. The zero-order chi connectivity index (χ0) is 12.3. The molecule has 4 heteroatoms. The Morgan fingerprint density at radius 3 is 2.88 bits per heavy atom. The molecule has 2 heterocycles. The predicted octanol–water partition coefficient (Wildman–Crippen LogP) is 1.95. The van der Waals surface area contributed by atoms with Crippen LogP contribution in [0.2, 0.25) is 0 Å². The van der Waals surface area contributed by atoms with Crippen LogP contribution in [-0.4, -0.2) is 54.7 Å². The summed E-state index contributed by atoms with van der Waals surface area (Å²) in [6.07, 6.45) is 3.61. The van der Waals surface area contributed by atoms with Crippen molar-refractivity contribution in [2.45, 2.75) is 39.2 Å². The average molecular weight is 240 g/mol. The van der Waals surface area contributed by atoms with Gasteiger partial charge in [0, 0.05) is 32.3 Å². The number of carbonyl (C=O) groups excluding carboxylic acids is 1. The quantitative estimate of drug-likeness (QED) is 0.755. The highest BCUT2D eigenvalue weighted by Gasteiger charge is 2.31. The van der Waals surface area contributed by atoms with E-state index >= 15 is 0 Å². The minimum atomic E-state index is 0.212. The fourth-order valence-corrected chi connectivity index (χ4v) is 2.68. The van der Waals surface area contributed by atoms with Crippen LogP contribution in [0.15, 0.2) is 0 Å². The van der Waals surface area contributed by atoms with Crippen LogP contribution in [-0.2, 0) is 4.74 Å². The number of ether oxygens (including phenoxy) is 1. The van der Waals surface area contributed by atoms with E-state index in [1.807, 2.05) is 9.80 Å². The van der Waals surface area contributed by atoms with Gasteiger partial charge in [-0.3, -0.25) is 0 Å². The molecule has 0 aromatic carbocycles. The number of rotatable bonds is 3. The van der Waals surface area contributed by atoms with Gasteiger partial charge < -0.3 is 14.5 Å². The van der Waals surface area contributed by atoms with Crippen molar-refractivity contribution in [3.8, 4) is 0 Å². The largest absolute Gasteiger partial charge is 0.381 e. The summed E-state index contributed by atoms with van der Waals surface area (Å²) in [6.45, 7) is 8.51. The van der Waals surface area contributed by atoms with Crippen molar-refractivity contribution in [1.82, 2.24) is 9.80 Å². The molecule has 0 bridgehead atoms. The summed E-state index contributed by atoms with van der Waals surface area (Å²) >= 11 is 0. The Balaban J connectivity index is 1.85. The second kappa shape index (κ2) is 5.71. The van der Waals surface area contributed by atoms with Crippen molar-refractivity contribution in [1.29, 1.82) is 0 Å². The molecule has 2 rings (SSSR count). The van der Waals surface area contributed by atoms with Crippen molar-refractivity contribution < 1.29 is 9.53 Å². The van der Waals surface area contributed by atoms with E-state index in [0.717, 1.165) is 32.8 Å². The van der Waals surface area contributed by atoms with Gasteiger partial charge in [0.05, 0.1) is 6.61 Å². The topological polar surface area (TPSA) is 32.8 Å². The van der Waals surface area contributed by atoms with Crippen molar-refractivity contribution in [2.75, 3.05) is 32.8 Å². The maximum absolute atomic E-state index is 12.1. The first-order valence-electron chi connectivity index (χ1n) is 6.82.